The number of hydrogen-bond donors (Lipinski definition) is 3. The molecule has 1 aromatic carbocycles. The Balaban J connectivity index is 1.63. The lowest BCUT2D eigenvalue weighted by Gasteiger charge is -2.04. The van der Waals surface area contributed by atoms with Crippen molar-refractivity contribution in [2.45, 2.75) is 20.3 Å². The molecular weight excluding hydrogens is 316 g/mol. The molecule has 0 saturated heterocycles. The standard InChI is InChI=1S/C18H22N6O/c1-11-17(12(2)24(3)23-11)15-10-16(22-21-15)18(25)20-9-8-13-4-6-14(19)7-5-13/h4-7,10H,8-9,19H2,1-3H3,(H,20,25)(H,21,22). The summed E-state index contributed by atoms with van der Waals surface area (Å²) in [6.07, 6.45) is 0.744. The summed E-state index contributed by atoms with van der Waals surface area (Å²) in [5.74, 6) is -0.173. The highest BCUT2D eigenvalue weighted by molar-refractivity contribution is 5.93. The van der Waals surface area contributed by atoms with Crippen molar-refractivity contribution < 1.29 is 4.79 Å². The number of anilines is 1. The second-order valence-corrected chi connectivity index (χ2v) is 6.08. The fraction of sp³-hybridized carbons (Fsp3) is 0.278. The summed E-state index contributed by atoms with van der Waals surface area (Å²) in [6.45, 7) is 4.46. The number of aryl methyl sites for hydroxylation is 2. The van der Waals surface area contributed by atoms with Crippen molar-refractivity contribution in [3.8, 4) is 11.3 Å². The quantitative estimate of drug-likeness (QED) is 0.619. The lowest BCUT2D eigenvalue weighted by molar-refractivity contribution is 0.0949. The van der Waals surface area contributed by atoms with Crippen LogP contribution in [0.25, 0.3) is 11.3 Å². The number of nitrogen functional groups attached to an aromatic ring is 1. The molecule has 3 aromatic rings. The van der Waals surface area contributed by atoms with Gasteiger partial charge >= 0.3 is 0 Å². The number of nitrogens with zero attached hydrogens (tertiary/aromatic N) is 3. The molecule has 0 unspecified atom stereocenters. The first-order valence-corrected chi connectivity index (χ1v) is 8.14. The third kappa shape index (κ3) is 3.55. The molecule has 0 spiro atoms. The van der Waals surface area contributed by atoms with Gasteiger partial charge < -0.3 is 11.1 Å². The minimum absolute atomic E-state index is 0.173. The van der Waals surface area contributed by atoms with Crippen LogP contribution < -0.4 is 11.1 Å². The van der Waals surface area contributed by atoms with Gasteiger partial charge in [0.15, 0.2) is 0 Å². The summed E-state index contributed by atoms with van der Waals surface area (Å²) < 4.78 is 1.81. The Morgan fingerprint density at radius 1 is 1.28 bits per heavy atom. The first-order chi connectivity index (χ1) is 12.0. The predicted molar refractivity (Wildman–Crippen MR) is 97.2 cm³/mol. The maximum atomic E-state index is 12.3. The second kappa shape index (κ2) is 6.80. The van der Waals surface area contributed by atoms with Gasteiger partial charge in [0, 0.05) is 30.5 Å². The predicted octanol–water partition coefficient (Wildman–Crippen LogP) is 1.98. The maximum absolute atomic E-state index is 12.3. The molecule has 0 aliphatic carbocycles. The number of nitrogens with one attached hydrogen (secondary N) is 2. The number of nitrogens with two attached hydrogens (primary N) is 1. The van der Waals surface area contributed by atoms with Crippen LogP contribution in [0.5, 0.6) is 0 Å². The molecule has 2 aromatic heterocycles. The zero-order chi connectivity index (χ0) is 18.0. The lowest BCUT2D eigenvalue weighted by atomic mass is 10.1. The van der Waals surface area contributed by atoms with Gasteiger partial charge in [-0.05, 0) is 44.0 Å². The smallest absolute Gasteiger partial charge is 0.269 e. The van der Waals surface area contributed by atoms with Crippen LogP contribution in [0.15, 0.2) is 30.3 Å². The molecule has 0 radical (unpaired) electrons. The van der Waals surface area contributed by atoms with E-state index in [4.69, 9.17) is 5.73 Å². The third-order valence-electron chi connectivity index (χ3n) is 4.27. The van der Waals surface area contributed by atoms with Crippen molar-refractivity contribution in [3.05, 3.63) is 53.0 Å². The van der Waals surface area contributed by atoms with E-state index in [1.165, 1.54) is 0 Å². The normalized spacial score (nSPS) is 10.8. The number of carbonyl (C=O) groups is 1. The number of carbonyl (C=O) groups excluding carboxylic acids is 1. The average molecular weight is 338 g/mol. The summed E-state index contributed by atoms with van der Waals surface area (Å²) in [6, 6.07) is 9.40. The number of aromatic amines is 1. The average Bonchev–Trinajstić information content (AvgIpc) is 3.14. The lowest BCUT2D eigenvalue weighted by Crippen LogP contribution is -2.26. The maximum Gasteiger partial charge on any atom is 0.269 e. The van der Waals surface area contributed by atoms with Crippen LogP contribution in [-0.4, -0.2) is 32.4 Å². The zero-order valence-corrected chi connectivity index (χ0v) is 14.6. The molecule has 25 heavy (non-hydrogen) atoms. The Bertz CT molecular complexity index is 891. The van der Waals surface area contributed by atoms with Crippen LogP contribution in [0.4, 0.5) is 5.69 Å². The van der Waals surface area contributed by atoms with Gasteiger partial charge in [0.1, 0.15) is 5.69 Å². The van der Waals surface area contributed by atoms with E-state index in [1.807, 2.05) is 49.8 Å². The number of amides is 1. The van der Waals surface area contributed by atoms with Gasteiger partial charge in [-0.25, -0.2) is 0 Å². The highest BCUT2D eigenvalue weighted by atomic mass is 16.1. The third-order valence-corrected chi connectivity index (χ3v) is 4.27. The Kier molecular flexibility index (Phi) is 4.56. The Hall–Kier alpha value is -3.09. The molecule has 0 atom stereocenters. The SMILES string of the molecule is Cc1nn(C)c(C)c1-c1cc(C(=O)NCCc2ccc(N)cc2)[nH]n1. The van der Waals surface area contributed by atoms with Crippen LogP contribution >= 0.6 is 0 Å². The van der Waals surface area contributed by atoms with E-state index < -0.39 is 0 Å². The van der Waals surface area contributed by atoms with Gasteiger partial charge in [0.25, 0.3) is 5.91 Å². The summed E-state index contributed by atoms with van der Waals surface area (Å²) in [4.78, 5) is 12.3. The van der Waals surface area contributed by atoms with Gasteiger partial charge in [0.2, 0.25) is 0 Å². The molecule has 3 rings (SSSR count). The topological polar surface area (TPSA) is 102 Å². The molecule has 0 bridgehead atoms. The number of benzene rings is 1. The molecule has 0 aliphatic rings. The van der Waals surface area contributed by atoms with Crippen molar-refractivity contribution in [3.63, 3.8) is 0 Å². The minimum Gasteiger partial charge on any atom is -0.399 e. The molecule has 2 heterocycles. The fourth-order valence-electron chi connectivity index (χ4n) is 2.81. The number of H-pyrrole nitrogens is 1. The van der Waals surface area contributed by atoms with Gasteiger partial charge in [-0.1, -0.05) is 12.1 Å². The van der Waals surface area contributed by atoms with E-state index in [0.717, 1.165) is 40.3 Å². The zero-order valence-electron chi connectivity index (χ0n) is 14.6. The number of hydrogen-bond acceptors (Lipinski definition) is 4. The largest absolute Gasteiger partial charge is 0.399 e. The number of aromatic nitrogens is 4. The van der Waals surface area contributed by atoms with Gasteiger partial charge in [-0.2, -0.15) is 10.2 Å². The molecular formula is C18H22N6O. The minimum atomic E-state index is -0.173. The molecule has 4 N–H and O–H groups in total. The highest BCUT2D eigenvalue weighted by Gasteiger charge is 2.16. The molecule has 130 valence electrons. The molecule has 0 saturated carbocycles. The monoisotopic (exact) mass is 338 g/mol. The molecule has 7 nitrogen and oxygen atoms in total. The van der Waals surface area contributed by atoms with Crippen LogP contribution in [0.1, 0.15) is 27.4 Å². The van der Waals surface area contributed by atoms with Gasteiger partial charge in [-0.3, -0.25) is 14.6 Å². The van der Waals surface area contributed by atoms with E-state index in [1.54, 1.807) is 6.07 Å². The Morgan fingerprint density at radius 3 is 2.64 bits per heavy atom. The van der Waals surface area contributed by atoms with Crippen LogP contribution in [0.2, 0.25) is 0 Å². The van der Waals surface area contributed by atoms with Crippen molar-refractivity contribution in [1.82, 2.24) is 25.3 Å². The van der Waals surface area contributed by atoms with E-state index >= 15 is 0 Å². The highest BCUT2D eigenvalue weighted by Crippen LogP contribution is 2.25. The summed E-state index contributed by atoms with van der Waals surface area (Å²) in [5, 5.41) is 14.4. The van der Waals surface area contributed by atoms with Gasteiger partial charge in [-0.15, -0.1) is 0 Å². The summed E-state index contributed by atoms with van der Waals surface area (Å²) in [5.41, 5.74) is 11.6. The van der Waals surface area contributed by atoms with Crippen LogP contribution in [0.3, 0.4) is 0 Å². The summed E-state index contributed by atoms with van der Waals surface area (Å²) >= 11 is 0. The van der Waals surface area contributed by atoms with E-state index in [2.05, 4.69) is 20.6 Å². The summed E-state index contributed by atoms with van der Waals surface area (Å²) in [7, 11) is 1.89. The van der Waals surface area contributed by atoms with Crippen LogP contribution in [0, 0.1) is 13.8 Å². The second-order valence-electron chi connectivity index (χ2n) is 6.08. The first-order valence-electron chi connectivity index (χ1n) is 8.14. The van der Waals surface area contributed by atoms with Gasteiger partial charge in [0.05, 0.1) is 11.4 Å². The Labute approximate surface area is 146 Å². The van der Waals surface area contributed by atoms with E-state index in [0.29, 0.717) is 12.2 Å². The van der Waals surface area contributed by atoms with Crippen molar-refractivity contribution in [2.24, 2.45) is 7.05 Å². The molecule has 0 fully saturated rings. The number of rotatable bonds is 5. The van der Waals surface area contributed by atoms with Crippen molar-refractivity contribution >= 4 is 11.6 Å². The molecule has 0 aliphatic heterocycles. The van der Waals surface area contributed by atoms with E-state index in [-0.39, 0.29) is 5.91 Å². The van der Waals surface area contributed by atoms with E-state index in [9.17, 15) is 4.79 Å². The van der Waals surface area contributed by atoms with Crippen molar-refractivity contribution in [1.29, 1.82) is 0 Å². The molecule has 1 amide bonds. The Morgan fingerprint density at radius 2 is 2.00 bits per heavy atom. The van der Waals surface area contributed by atoms with Crippen molar-refractivity contribution in [2.75, 3.05) is 12.3 Å². The molecule has 7 heteroatoms. The van der Waals surface area contributed by atoms with Crippen LogP contribution in [-0.2, 0) is 13.5 Å². The fourth-order valence-corrected chi connectivity index (χ4v) is 2.81. The first kappa shape index (κ1) is 16.8.